The second-order valence-corrected chi connectivity index (χ2v) is 7.53. The Morgan fingerprint density at radius 3 is 2.38 bits per heavy atom. The Morgan fingerprint density at radius 1 is 1.19 bits per heavy atom. The molecule has 0 saturated heterocycles. The van der Waals surface area contributed by atoms with Crippen molar-refractivity contribution in [1.82, 2.24) is 4.90 Å². The summed E-state index contributed by atoms with van der Waals surface area (Å²) in [5, 5.41) is 4.27. The Balaban J connectivity index is 1.55. The molecule has 2 saturated carbocycles. The van der Waals surface area contributed by atoms with Gasteiger partial charge >= 0.3 is 0 Å². The van der Waals surface area contributed by atoms with Gasteiger partial charge in [-0.3, -0.25) is 4.79 Å². The number of carbonyl (C=O) groups excluding carboxylic acids is 1. The first-order chi connectivity index (χ1) is 10.3. The van der Waals surface area contributed by atoms with E-state index in [-0.39, 0.29) is 0 Å². The average molecular weight is 305 g/mol. The third-order valence-corrected chi connectivity index (χ3v) is 5.95. The van der Waals surface area contributed by atoms with Crippen LogP contribution in [0.1, 0.15) is 63.9 Å². The maximum atomic E-state index is 12.7. The highest BCUT2D eigenvalue weighted by Crippen LogP contribution is 2.36. The van der Waals surface area contributed by atoms with Crippen molar-refractivity contribution in [3.8, 4) is 0 Å². The summed E-state index contributed by atoms with van der Waals surface area (Å²) < 4.78 is 0. The van der Waals surface area contributed by atoms with Gasteiger partial charge in [-0.05, 0) is 73.3 Å². The van der Waals surface area contributed by atoms with E-state index in [1.165, 1.54) is 50.5 Å². The van der Waals surface area contributed by atoms with Crippen molar-refractivity contribution in [3.05, 3.63) is 22.4 Å². The molecule has 0 radical (unpaired) electrons. The number of hydrogen-bond donors (Lipinski definition) is 0. The molecular weight excluding hydrogens is 278 g/mol. The number of rotatable bonds is 6. The summed E-state index contributed by atoms with van der Waals surface area (Å²) in [5.74, 6) is 1.31. The third kappa shape index (κ3) is 3.88. The fraction of sp³-hybridized carbons (Fsp3) is 0.722. The zero-order valence-corrected chi connectivity index (χ0v) is 13.9. The van der Waals surface area contributed by atoms with E-state index in [9.17, 15) is 4.79 Å². The van der Waals surface area contributed by atoms with Crippen LogP contribution in [0, 0.1) is 5.92 Å². The zero-order chi connectivity index (χ0) is 14.7. The second kappa shape index (κ2) is 6.95. The van der Waals surface area contributed by atoms with Crippen LogP contribution in [0.5, 0.6) is 0 Å². The van der Waals surface area contributed by atoms with Gasteiger partial charge in [0.2, 0.25) is 5.91 Å². The Labute approximate surface area is 132 Å². The molecule has 0 aromatic carbocycles. The van der Waals surface area contributed by atoms with Crippen LogP contribution in [0.15, 0.2) is 16.8 Å². The lowest BCUT2D eigenvalue weighted by Gasteiger charge is -2.37. The predicted octanol–water partition coefficient (Wildman–Crippen LogP) is 4.64. The van der Waals surface area contributed by atoms with Crippen LogP contribution in [0.25, 0.3) is 0 Å². The lowest BCUT2D eigenvalue weighted by Crippen LogP contribution is -2.44. The summed E-state index contributed by atoms with van der Waals surface area (Å²) in [5.41, 5.74) is 1.32. The van der Waals surface area contributed by atoms with Crippen molar-refractivity contribution in [3.63, 3.8) is 0 Å². The van der Waals surface area contributed by atoms with Crippen LogP contribution in [-0.4, -0.2) is 22.9 Å². The highest BCUT2D eigenvalue weighted by atomic mass is 32.1. The molecule has 0 atom stereocenters. The minimum absolute atomic E-state index is 0.406. The van der Waals surface area contributed by atoms with Gasteiger partial charge in [-0.2, -0.15) is 11.3 Å². The fourth-order valence-electron chi connectivity index (χ4n) is 3.70. The summed E-state index contributed by atoms with van der Waals surface area (Å²) >= 11 is 1.72. The first-order valence-electron chi connectivity index (χ1n) is 8.60. The quantitative estimate of drug-likeness (QED) is 0.749. The van der Waals surface area contributed by atoms with Gasteiger partial charge < -0.3 is 4.90 Å². The maximum absolute atomic E-state index is 12.7. The van der Waals surface area contributed by atoms with E-state index < -0.39 is 0 Å². The monoisotopic (exact) mass is 305 g/mol. The molecule has 0 bridgehead atoms. The Kier molecular flexibility index (Phi) is 4.99. The van der Waals surface area contributed by atoms with Gasteiger partial charge in [-0.1, -0.05) is 13.3 Å². The smallest absolute Gasteiger partial charge is 0.223 e. The topological polar surface area (TPSA) is 20.3 Å². The van der Waals surface area contributed by atoms with Crippen LogP contribution in [-0.2, 0) is 11.2 Å². The zero-order valence-electron chi connectivity index (χ0n) is 13.1. The summed E-state index contributed by atoms with van der Waals surface area (Å²) in [4.78, 5) is 15.0. The molecule has 2 nitrogen and oxygen atoms in total. The number of nitrogens with zero attached hydrogens (tertiary/aromatic N) is 1. The highest BCUT2D eigenvalue weighted by Gasteiger charge is 2.38. The standard InChI is InChI=1S/C18H27NOS/c1-2-14-3-6-16(7-4-14)19(17-8-9-17)18(20)10-5-15-11-12-21-13-15/h11-14,16-17H,2-10H2,1H3. The number of aryl methyl sites for hydroxylation is 1. The molecule has 1 amide bonds. The fourth-order valence-corrected chi connectivity index (χ4v) is 4.41. The van der Waals surface area contributed by atoms with Crippen LogP contribution in [0.3, 0.4) is 0 Å². The summed E-state index contributed by atoms with van der Waals surface area (Å²) in [6.45, 7) is 2.30. The molecule has 21 heavy (non-hydrogen) atoms. The molecule has 0 spiro atoms. The normalized spacial score (nSPS) is 25.8. The molecule has 3 rings (SSSR count). The Bertz CT molecular complexity index is 444. The molecule has 2 aliphatic rings. The molecule has 0 N–H and O–H groups in total. The van der Waals surface area contributed by atoms with E-state index in [2.05, 4.69) is 28.7 Å². The lowest BCUT2D eigenvalue weighted by atomic mass is 9.83. The van der Waals surface area contributed by atoms with E-state index in [0.29, 0.717) is 24.4 Å². The SMILES string of the molecule is CCC1CCC(N(C(=O)CCc2ccsc2)C2CC2)CC1. The van der Waals surface area contributed by atoms with E-state index in [0.717, 1.165) is 12.3 Å². The molecule has 2 fully saturated rings. The van der Waals surface area contributed by atoms with Gasteiger partial charge in [0.1, 0.15) is 0 Å². The first kappa shape index (κ1) is 15.1. The van der Waals surface area contributed by atoms with Crippen molar-refractivity contribution in [1.29, 1.82) is 0 Å². The van der Waals surface area contributed by atoms with Gasteiger partial charge in [0.25, 0.3) is 0 Å². The molecule has 0 unspecified atom stereocenters. The van der Waals surface area contributed by atoms with E-state index in [1.807, 2.05) is 0 Å². The van der Waals surface area contributed by atoms with Gasteiger partial charge in [-0.25, -0.2) is 0 Å². The van der Waals surface area contributed by atoms with Crippen molar-refractivity contribution in [2.24, 2.45) is 5.92 Å². The van der Waals surface area contributed by atoms with Gasteiger partial charge in [0, 0.05) is 18.5 Å². The maximum Gasteiger partial charge on any atom is 0.223 e. The molecule has 1 heterocycles. The summed E-state index contributed by atoms with van der Waals surface area (Å²) in [7, 11) is 0. The van der Waals surface area contributed by atoms with Gasteiger partial charge in [-0.15, -0.1) is 0 Å². The van der Waals surface area contributed by atoms with Crippen molar-refractivity contribution in [2.75, 3.05) is 0 Å². The molecule has 0 aliphatic heterocycles. The Morgan fingerprint density at radius 2 is 1.86 bits per heavy atom. The van der Waals surface area contributed by atoms with Crippen LogP contribution in [0.4, 0.5) is 0 Å². The van der Waals surface area contributed by atoms with E-state index >= 15 is 0 Å². The van der Waals surface area contributed by atoms with Gasteiger partial charge in [0.05, 0.1) is 0 Å². The van der Waals surface area contributed by atoms with Crippen LogP contribution in [0.2, 0.25) is 0 Å². The van der Waals surface area contributed by atoms with Crippen molar-refractivity contribution < 1.29 is 4.79 Å². The van der Waals surface area contributed by atoms with E-state index in [1.54, 1.807) is 11.3 Å². The highest BCUT2D eigenvalue weighted by molar-refractivity contribution is 7.07. The molecule has 1 aromatic rings. The molecular formula is C18H27NOS. The van der Waals surface area contributed by atoms with Crippen molar-refractivity contribution in [2.45, 2.75) is 76.8 Å². The van der Waals surface area contributed by atoms with Crippen LogP contribution >= 0.6 is 11.3 Å². The minimum atomic E-state index is 0.406. The molecule has 2 aliphatic carbocycles. The number of thiophene rings is 1. The van der Waals surface area contributed by atoms with Crippen molar-refractivity contribution >= 4 is 17.2 Å². The molecule has 116 valence electrons. The van der Waals surface area contributed by atoms with Crippen LogP contribution < -0.4 is 0 Å². The molecule has 1 aromatic heterocycles. The van der Waals surface area contributed by atoms with Gasteiger partial charge in [0.15, 0.2) is 0 Å². The summed E-state index contributed by atoms with van der Waals surface area (Å²) in [6.07, 6.45) is 10.5. The lowest BCUT2D eigenvalue weighted by molar-refractivity contribution is -0.135. The Hall–Kier alpha value is -0.830. The summed E-state index contributed by atoms with van der Waals surface area (Å²) in [6, 6.07) is 3.25. The average Bonchev–Trinajstić information content (AvgIpc) is 3.20. The first-order valence-corrected chi connectivity index (χ1v) is 9.54. The second-order valence-electron chi connectivity index (χ2n) is 6.75. The number of hydrogen-bond acceptors (Lipinski definition) is 2. The predicted molar refractivity (Wildman–Crippen MR) is 88.5 cm³/mol. The minimum Gasteiger partial charge on any atom is -0.337 e. The largest absolute Gasteiger partial charge is 0.337 e. The number of amides is 1. The third-order valence-electron chi connectivity index (χ3n) is 5.22. The van der Waals surface area contributed by atoms with E-state index in [4.69, 9.17) is 0 Å². The number of carbonyl (C=O) groups is 1. The molecule has 3 heteroatoms.